The number of rotatable bonds is 7. The van der Waals surface area contributed by atoms with E-state index < -0.39 is 10.0 Å². The van der Waals surface area contributed by atoms with Crippen molar-refractivity contribution in [2.24, 2.45) is 0 Å². The number of benzene rings is 1. The Labute approximate surface area is 203 Å². The van der Waals surface area contributed by atoms with Gasteiger partial charge in [0.25, 0.3) is 15.9 Å². The molecule has 33 heavy (non-hydrogen) atoms. The number of thiazole rings is 1. The average Bonchev–Trinajstić information content (AvgIpc) is 3.41. The van der Waals surface area contributed by atoms with Gasteiger partial charge in [0, 0.05) is 41.8 Å². The standard InChI is InChI=1S/C20H21ClN4O5S3/c1-23(6-7-26)20(28)15-12-31-17(22-15)10-24-4-5-25(11-18(24)27)33(29,30)19-8-13-2-3-14(21)9-16(13)32-19/h2-3,8-9,12,26H,4-7,10-11H2,1H3. The smallest absolute Gasteiger partial charge is 0.273 e. The van der Waals surface area contributed by atoms with Gasteiger partial charge in [0.2, 0.25) is 5.91 Å². The van der Waals surface area contributed by atoms with Crippen molar-refractivity contribution in [1.82, 2.24) is 19.1 Å². The highest BCUT2D eigenvalue weighted by molar-refractivity contribution is 7.91. The van der Waals surface area contributed by atoms with Gasteiger partial charge in [-0.05, 0) is 23.6 Å². The predicted octanol–water partition coefficient (Wildman–Crippen LogP) is 2.11. The number of sulfonamides is 1. The number of nitrogens with zero attached hydrogens (tertiary/aromatic N) is 4. The van der Waals surface area contributed by atoms with Crippen LogP contribution in [0, 0.1) is 0 Å². The number of aliphatic hydroxyl groups is 1. The Hall–Kier alpha value is -2.09. The molecule has 0 bridgehead atoms. The summed E-state index contributed by atoms with van der Waals surface area (Å²) in [6.07, 6.45) is 0. The van der Waals surface area contributed by atoms with Crippen LogP contribution >= 0.6 is 34.3 Å². The van der Waals surface area contributed by atoms with E-state index in [1.165, 1.54) is 20.5 Å². The maximum Gasteiger partial charge on any atom is 0.273 e. The fourth-order valence-electron chi connectivity index (χ4n) is 3.39. The maximum atomic E-state index is 13.1. The quantitative estimate of drug-likeness (QED) is 0.503. The Morgan fingerprint density at radius 2 is 2.09 bits per heavy atom. The van der Waals surface area contributed by atoms with Crippen LogP contribution < -0.4 is 0 Å². The molecule has 0 spiro atoms. The Morgan fingerprint density at radius 3 is 2.82 bits per heavy atom. The highest BCUT2D eigenvalue weighted by Gasteiger charge is 2.34. The fraction of sp³-hybridized carbons (Fsp3) is 0.350. The molecule has 1 N–H and O–H groups in total. The topological polar surface area (TPSA) is 111 Å². The molecule has 1 fully saturated rings. The molecule has 0 radical (unpaired) electrons. The molecule has 0 aliphatic carbocycles. The number of carbonyl (C=O) groups excluding carboxylic acids is 2. The van der Waals surface area contributed by atoms with E-state index in [-0.39, 0.29) is 61.0 Å². The molecule has 9 nitrogen and oxygen atoms in total. The second-order valence-electron chi connectivity index (χ2n) is 7.48. The van der Waals surface area contributed by atoms with Crippen molar-refractivity contribution in [2.45, 2.75) is 10.8 Å². The van der Waals surface area contributed by atoms with Crippen LogP contribution in [0.1, 0.15) is 15.5 Å². The number of halogens is 1. The van der Waals surface area contributed by atoms with Crippen molar-refractivity contribution >= 4 is 66.2 Å². The molecule has 1 aromatic carbocycles. The molecule has 13 heteroatoms. The monoisotopic (exact) mass is 528 g/mol. The van der Waals surface area contributed by atoms with Crippen LogP contribution in [0.25, 0.3) is 10.1 Å². The maximum absolute atomic E-state index is 13.1. The van der Waals surface area contributed by atoms with Crippen LogP contribution in [0.15, 0.2) is 33.9 Å². The number of piperazine rings is 1. The zero-order chi connectivity index (χ0) is 23.8. The van der Waals surface area contributed by atoms with Crippen LogP contribution in [-0.4, -0.2) is 84.3 Å². The Bertz CT molecular complexity index is 1310. The highest BCUT2D eigenvalue weighted by Crippen LogP contribution is 2.33. The number of hydrogen-bond acceptors (Lipinski definition) is 8. The summed E-state index contributed by atoms with van der Waals surface area (Å²) in [4.78, 5) is 32.2. The molecule has 3 heterocycles. The summed E-state index contributed by atoms with van der Waals surface area (Å²) in [6.45, 7) is 0.397. The van der Waals surface area contributed by atoms with Gasteiger partial charge in [-0.1, -0.05) is 17.7 Å². The van der Waals surface area contributed by atoms with Crippen molar-refractivity contribution in [2.75, 3.05) is 39.8 Å². The number of thiophene rings is 1. The molecule has 1 saturated heterocycles. The minimum atomic E-state index is -3.81. The Balaban J connectivity index is 1.42. The lowest BCUT2D eigenvalue weighted by Crippen LogP contribution is -2.51. The van der Waals surface area contributed by atoms with Gasteiger partial charge in [-0.2, -0.15) is 4.31 Å². The SMILES string of the molecule is CN(CCO)C(=O)c1csc(CN2CCN(S(=O)(=O)c3cc4ccc(Cl)cc4s3)CC2=O)n1. The first-order chi connectivity index (χ1) is 15.7. The van der Waals surface area contributed by atoms with E-state index in [9.17, 15) is 18.0 Å². The third kappa shape index (κ3) is 5.05. The molecule has 2 amide bonds. The lowest BCUT2D eigenvalue weighted by atomic mass is 10.3. The molecule has 1 aliphatic heterocycles. The normalized spacial score (nSPS) is 15.4. The Morgan fingerprint density at radius 1 is 1.30 bits per heavy atom. The van der Waals surface area contributed by atoms with Crippen LogP contribution in [0.2, 0.25) is 5.02 Å². The van der Waals surface area contributed by atoms with Crippen LogP contribution in [0.5, 0.6) is 0 Å². The molecule has 2 aromatic heterocycles. The van der Waals surface area contributed by atoms with Gasteiger partial charge in [-0.15, -0.1) is 22.7 Å². The van der Waals surface area contributed by atoms with Crippen LogP contribution in [0.4, 0.5) is 0 Å². The fourth-order valence-corrected chi connectivity index (χ4v) is 7.38. The highest BCUT2D eigenvalue weighted by atomic mass is 35.5. The summed E-state index contributed by atoms with van der Waals surface area (Å²) in [5, 5.41) is 12.5. The zero-order valence-corrected chi connectivity index (χ0v) is 20.8. The summed E-state index contributed by atoms with van der Waals surface area (Å²) >= 11 is 8.39. The summed E-state index contributed by atoms with van der Waals surface area (Å²) in [7, 11) is -2.24. The van der Waals surface area contributed by atoms with E-state index in [2.05, 4.69) is 4.98 Å². The van der Waals surface area contributed by atoms with Crippen molar-refractivity contribution in [3.05, 3.63) is 45.4 Å². The number of fused-ring (bicyclic) bond motifs is 1. The number of carbonyl (C=O) groups is 2. The van der Waals surface area contributed by atoms with Gasteiger partial charge in [0.1, 0.15) is 14.9 Å². The first-order valence-electron chi connectivity index (χ1n) is 9.97. The van der Waals surface area contributed by atoms with E-state index >= 15 is 0 Å². The number of amides is 2. The third-order valence-corrected chi connectivity index (χ3v) is 9.68. The molecule has 0 atom stereocenters. The van der Waals surface area contributed by atoms with Gasteiger partial charge in [-0.3, -0.25) is 9.59 Å². The molecule has 176 valence electrons. The minimum absolute atomic E-state index is 0.143. The van der Waals surface area contributed by atoms with Crippen molar-refractivity contribution in [3.8, 4) is 0 Å². The third-order valence-electron chi connectivity index (χ3n) is 5.22. The number of hydrogen-bond donors (Lipinski definition) is 1. The van der Waals surface area contributed by atoms with E-state index in [0.717, 1.165) is 21.4 Å². The summed E-state index contributed by atoms with van der Waals surface area (Å²) < 4.78 is 28.4. The molecular weight excluding hydrogens is 508 g/mol. The van der Waals surface area contributed by atoms with Crippen LogP contribution in [-0.2, 0) is 21.4 Å². The van der Waals surface area contributed by atoms with Crippen molar-refractivity contribution in [3.63, 3.8) is 0 Å². The number of aromatic nitrogens is 1. The van der Waals surface area contributed by atoms with E-state index in [4.69, 9.17) is 16.7 Å². The van der Waals surface area contributed by atoms with Gasteiger partial charge in [0.05, 0.1) is 19.7 Å². The first-order valence-corrected chi connectivity index (χ1v) is 13.5. The molecule has 0 saturated carbocycles. The van der Waals surface area contributed by atoms with E-state index in [0.29, 0.717) is 10.0 Å². The summed E-state index contributed by atoms with van der Waals surface area (Å²) in [5.74, 6) is -0.632. The molecule has 0 unspecified atom stereocenters. The first kappa shape index (κ1) is 24.0. The number of aliphatic hydroxyl groups excluding tert-OH is 1. The average molecular weight is 529 g/mol. The molecule has 3 aromatic rings. The van der Waals surface area contributed by atoms with E-state index in [1.807, 2.05) is 0 Å². The Kier molecular flexibility index (Phi) is 7.03. The van der Waals surface area contributed by atoms with Gasteiger partial charge < -0.3 is 14.9 Å². The predicted molar refractivity (Wildman–Crippen MR) is 127 cm³/mol. The second-order valence-corrected chi connectivity index (χ2v) is 12.1. The van der Waals surface area contributed by atoms with Gasteiger partial charge in [0.15, 0.2) is 0 Å². The lowest BCUT2D eigenvalue weighted by Gasteiger charge is -2.32. The van der Waals surface area contributed by atoms with Crippen LogP contribution in [0.3, 0.4) is 0 Å². The molecule has 4 rings (SSSR count). The van der Waals surface area contributed by atoms with Crippen molar-refractivity contribution < 1.29 is 23.1 Å². The largest absolute Gasteiger partial charge is 0.395 e. The molecule has 1 aliphatic rings. The van der Waals surface area contributed by atoms with E-state index in [1.54, 1.807) is 41.6 Å². The summed E-state index contributed by atoms with van der Waals surface area (Å²) in [6, 6.07) is 6.80. The molecular formula is C20H21ClN4O5S3. The number of likely N-dealkylation sites (N-methyl/N-ethyl adjacent to an activating group) is 1. The van der Waals surface area contributed by atoms with Crippen molar-refractivity contribution in [1.29, 1.82) is 0 Å². The summed E-state index contributed by atoms with van der Waals surface area (Å²) in [5.41, 5.74) is 0.254. The minimum Gasteiger partial charge on any atom is -0.395 e. The van der Waals surface area contributed by atoms with Gasteiger partial charge in [-0.25, -0.2) is 13.4 Å². The zero-order valence-electron chi connectivity index (χ0n) is 17.6. The lowest BCUT2D eigenvalue weighted by molar-refractivity contribution is -0.134. The second kappa shape index (κ2) is 9.65. The van der Waals surface area contributed by atoms with Gasteiger partial charge >= 0.3 is 0 Å².